The van der Waals surface area contributed by atoms with Gasteiger partial charge in [-0.2, -0.15) is 5.10 Å². The van der Waals surface area contributed by atoms with Gasteiger partial charge in [0.15, 0.2) is 0 Å². The van der Waals surface area contributed by atoms with Crippen LogP contribution in [0, 0.1) is 0 Å². The van der Waals surface area contributed by atoms with Gasteiger partial charge in [-0.25, -0.2) is 8.42 Å². The molecule has 0 aliphatic carbocycles. The molecule has 26 heavy (non-hydrogen) atoms. The Labute approximate surface area is 155 Å². The molecule has 0 unspecified atom stereocenters. The third-order valence-corrected chi connectivity index (χ3v) is 7.60. The first-order valence-electron chi connectivity index (χ1n) is 9.23. The van der Waals surface area contributed by atoms with Crippen LogP contribution < -0.4 is 4.31 Å². The topological polar surface area (TPSA) is 58.4 Å². The lowest BCUT2D eigenvalue weighted by Gasteiger charge is -2.39. The van der Waals surface area contributed by atoms with Crippen molar-refractivity contribution >= 4 is 15.7 Å². The van der Waals surface area contributed by atoms with Gasteiger partial charge in [-0.1, -0.05) is 18.2 Å². The number of sulfonamides is 1. The second kappa shape index (κ2) is 6.39. The van der Waals surface area contributed by atoms with E-state index >= 15 is 0 Å². The molecule has 4 rings (SSSR count). The Kier molecular flexibility index (Phi) is 4.31. The van der Waals surface area contributed by atoms with Crippen LogP contribution in [0.4, 0.5) is 5.69 Å². The average molecular weight is 375 g/mol. The number of aromatic nitrogens is 2. The van der Waals surface area contributed by atoms with Crippen LogP contribution in [0.5, 0.6) is 0 Å². The smallest absolute Gasteiger partial charge is 0.234 e. The number of hydrogen-bond donors (Lipinski definition) is 0. The van der Waals surface area contributed by atoms with E-state index in [1.807, 2.05) is 36.1 Å². The van der Waals surface area contributed by atoms with Crippen molar-refractivity contribution in [1.29, 1.82) is 0 Å². The highest BCUT2D eigenvalue weighted by molar-refractivity contribution is 7.92. The van der Waals surface area contributed by atoms with Crippen LogP contribution in [0.25, 0.3) is 0 Å². The zero-order chi connectivity index (χ0) is 18.4. The summed E-state index contributed by atoms with van der Waals surface area (Å²) in [6, 6.07) is 8.05. The molecular weight excluding hydrogens is 348 g/mol. The second-order valence-corrected chi connectivity index (χ2v) is 9.69. The summed E-state index contributed by atoms with van der Waals surface area (Å²) in [4.78, 5) is 2.45. The van der Waals surface area contributed by atoms with E-state index in [1.165, 1.54) is 11.1 Å². The van der Waals surface area contributed by atoms with Crippen molar-refractivity contribution in [2.24, 2.45) is 7.05 Å². The third-order valence-electron chi connectivity index (χ3n) is 5.87. The number of piperidine rings is 1. The van der Waals surface area contributed by atoms with E-state index in [-0.39, 0.29) is 11.2 Å². The molecule has 2 aromatic rings. The number of aryl methyl sites for hydroxylation is 1. The first-order valence-corrected chi connectivity index (χ1v) is 10.8. The molecule has 0 bridgehead atoms. The summed E-state index contributed by atoms with van der Waals surface area (Å²) in [5.74, 6) is 0.143. The molecule has 6 nitrogen and oxygen atoms in total. The van der Waals surface area contributed by atoms with E-state index < -0.39 is 10.0 Å². The first-order chi connectivity index (χ1) is 12.4. The summed E-state index contributed by atoms with van der Waals surface area (Å²) in [6.45, 7) is 5.16. The van der Waals surface area contributed by atoms with Gasteiger partial charge >= 0.3 is 0 Å². The number of benzene rings is 1. The number of nitrogens with zero attached hydrogens (tertiary/aromatic N) is 4. The van der Waals surface area contributed by atoms with Crippen LogP contribution in [0.1, 0.15) is 30.9 Å². The van der Waals surface area contributed by atoms with Crippen LogP contribution >= 0.6 is 0 Å². The minimum Gasteiger partial charge on any atom is -0.299 e. The molecule has 1 aromatic heterocycles. The van der Waals surface area contributed by atoms with Crippen molar-refractivity contribution in [2.75, 3.05) is 29.7 Å². The van der Waals surface area contributed by atoms with E-state index in [2.05, 4.69) is 22.3 Å². The lowest BCUT2D eigenvalue weighted by atomic mass is 9.74. The fourth-order valence-electron chi connectivity index (χ4n) is 4.37. The van der Waals surface area contributed by atoms with Crippen LogP contribution in [-0.4, -0.2) is 48.5 Å². The summed E-state index contributed by atoms with van der Waals surface area (Å²) >= 11 is 0. The van der Waals surface area contributed by atoms with Gasteiger partial charge in [-0.15, -0.1) is 0 Å². The van der Waals surface area contributed by atoms with Crippen LogP contribution in [0.15, 0.2) is 36.7 Å². The zero-order valence-electron chi connectivity index (χ0n) is 15.4. The summed E-state index contributed by atoms with van der Waals surface area (Å²) in [7, 11) is -1.30. The van der Waals surface area contributed by atoms with E-state index in [9.17, 15) is 8.42 Å². The summed E-state index contributed by atoms with van der Waals surface area (Å²) in [5.41, 5.74) is 3.27. The first kappa shape index (κ1) is 17.5. The molecule has 1 aromatic carbocycles. The Hall–Kier alpha value is -1.86. The molecular formula is C19H26N4O2S. The summed E-state index contributed by atoms with van der Waals surface area (Å²) in [6.07, 6.45) is 5.95. The molecule has 0 atom stereocenters. The van der Waals surface area contributed by atoms with Gasteiger partial charge < -0.3 is 0 Å². The number of rotatable bonds is 4. The van der Waals surface area contributed by atoms with Crippen LogP contribution in [0.3, 0.4) is 0 Å². The fraction of sp³-hybridized carbons (Fsp3) is 0.526. The maximum atomic E-state index is 12.6. The van der Waals surface area contributed by atoms with Gasteiger partial charge in [0.2, 0.25) is 10.0 Å². The number of fused-ring (bicyclic) bond motifs is 2. The van der Waals surface area contributed by atoms with Gasteiger partial charge in [-0.3, -0.25) is 13.9 Å². The predicted molar refractivity (Wildman–Crippen MR) is 103 cm³/mol. The van der Waals surface area contributed by atoms with Crippen molar-refractivity contribution in [2.45, 2.75) is 31.7 Å². The molecule has 1 fully saturated rings. The monoisotopic (exact) mass is 374 g/mol. The molecule has 2 aliphatic rings. The molecule has 0 amide bonds. The number of para-hydroxylation sites is 1. The van der Waals surface area contributed by atoms with Gasteiger partial charge in [0.25, 0.3) is 0 Å². The zero-order valence-corrected chi connectivity index (χ0v) is 16.2. The highest BCUT2D eigenvalue weighted by Gasteiger charge is 2.47. The van der Waals surface area contributed by atoms with E-state index in [1.54, 1.807) is 11.2 Å². The Bertz CT molecular complexity index is 898. The Balaban J connectivity index is 1.55. The van der Waals surface area contributed by atoms with Crippen molar-refractivity contribution in [1.82, 2.24) is 14.7 Å². The molecule has 3 heterocycles. The summed E-state index contributed by atoms with van der Waals surface area (Å²) < 4.78 is 28.7. The fourth-order valence-corrected chi connectivity index (χ4v) is 5.58. The molecule has 0 N–H and O–H groups in total. The number of likely N-dealkylation sites (tertiary alicyclic amines) is 1. The van der Waals surface area contributed by atoms with Gasteiger partial charge in [0, 0.05) is 37.3 Å². The Morgan fingerprint density at radius 1 is 1.19 bits per heavy atom. The highest BCUT2D eigenvalue weighted by Crippen LogP contribution is 2.48. The molecule has 0 saturated carbocycles. The van der Waals surface area contributed by atoms with E-state index in [0.717, 1.165) is 38.2 Å². The minimum atomic E-state index is -3.24. The third kappa shape index (κ3) is 2.93. The molecule has 140 valence electrons. The predicted octanol–water partition coefficient (Wildman–Crippen LogP) is 2.12. The van der Waals surface area contributed by atoms with Crippen molar-refractivity contribution in [3.05, 3.63) is 47.8 Å². The molecule has 2 aliphatic heterocycles. The quantitative estimate of drug-likeness (QED) is 0.823. The maximum Gasteiger partial charge on any atom is 0.234 e. The van der Waals surface area contributed by atoms with Crippen LogP contribution in [-0.2, 0) is 29.0 Å². The molecule has 7 heteroatoms. The SMILES string of the molecule is CCS(=O)(=O)N1CC2(CCN(Cc3cnn(C)c3)CC2)c2ccccc21. The highest BCUT2D eigenvalue weighted by atomic mass is 32.2. The Morgan fingerprint density at radius 2 is 1.92 bits per heavy atom. The maximum absolute atomic E-state index is 12.6. The second-order valence-electron chi connectivity index (χ2n) is 7.50. The number of anilines is 1. The Morgan fingerprint density at radius 3 is 2.58 bits per heavy atom. The normalized spacial score (nSPS) is 19.8. The standard InChI is InChI=1S/C19H26N4O2S/c1-3-26(24,25)23-15-19(17-6-4-5-7-18(17)23)8-10-22(11-9-19)14-16-12-20-21(2)13-16/h4-7,12-13H,3,8-11,14-15H2,1-2H3. The van der Waals surface area contributed by atoms with Crippen LogP contribution in [0.2, 0.25) is 0 Å². The van der Waals surface area contributed by atoms with Crippen molar-refractivity contribution in [3.63, 3.8) is 0 Å². The lowest BCUT2D eigenvalue weighted by Crippen LogP contribution is -2.46. The van der Waals surface area contributed by atoms with E-state index in [4.69, 9.17) is 0 Å². The van der Waals surface area contributed by atoms with Crippen molar-refractivity contribution < 1.29 is 8.42 Å². The van der Waals surface area contributed by atoms with E-state index in [0.29, 0.717) is 6.54 Å². The molecule has 1 spiro atoms. The largest absolute Gasteiger partial charge is 0.299 e. The van der Waals surface area contributed by atoms with Crippen molar-refractivity contribution in [3.8, 4) is 0 Å². The van der Waals surface area contributed by atoms with Gasteiger partial charge in [0.05, 0.1) is 17.6 Å². The average Bonchev–Trinajstić information content (AvgIpc) is 3.20. The van der Waals surface area contributed by atoms with Gasteiger partial charge in [-0.05, 0) is 44.5 Å². The van der Waals surface area contributed by atoms with Gasteiger partial charge in [0.1, 0.15) is 0 Å². The lowest BCUT2D eigenvalue weighted by molar-refractivity contribution is 0.161. The number of hydrogen-bond acceptors (Lipinski definition) is 4. The minimum absolute atomic E-state index is 0.0513. The molecule has 0 radical (unpaired) electrons. The summed E-state index contributed by atoms with van der Waals surface area (Å²) in [5, 5.41) is 4.25. The molecule has 1 saturated heterocycles.